The molecule has 0 amide bonds. The van der Waals surface area contributed by atoms with Gasteiger partial charge in [0.25, 0.3) is 0 Å². The summed E-state index contributed by atoms with van der Waals surface area (Å²) in [5.41, 5.74) is 6.63. The summed E-state index contributed by atoms with van der Waals surface area (Å²) in [6.07, 6.45) is 10.3. The SMILES string of the molecule is CC1CC=CCC1COc1ccncc1CN. The fraction of sp³-hybridized carbons (Fsp3) is 0.500. The minimum atomic E-state index is 0.475. The summed E-state index contributed by atoms with van der Waals surface area (Å²) in [5.74, 6) is 2.19. The lowest BCUT2D eigenvalue weighted by atomic mass is 9.85. The summed E-state index contributed by atoms with van der Waals surface area (Å²) in [7, 11) is 0. The molecule has 2 unspecified atom stereocenters. The number of nitrogens with two attached hydrogens (primary N) is 1. The van der Waals surface area contributed by atoms with Crippen molar-refractivity contribution in [3.63, 3.8) is 0 Å². The van der Waals surface area contributed by atoms with Gasteiger partial charge in [-0.05, 0) is 30.7 Å². The molecule has 92 valence electrons. The smallest absolute Gasteiger partial charge is 0.126 e. The number of rotatable bonds is 4. The zero-order chi connectivity index (χ0) is 12.1. The molecule has 0 radical (unpaired) electrons. The molecule has 0 saturated carbocycles. The van der Waals surface area contributed by atoms with E-state index in [-0.39, 0.29) is 0 Å². The third-order valence-corrected chi connectivity index (χ3v) is 3.45. The third kappa shape index (κ3) is 3.07. The Balaban J connectivity index is 1.95. The molecular formula is C14H20N2O. The molecule has 3 nitrogen and oxygen atoms in total. The highest BCUT2D eigenvalue weighted by atomic mass is 16.5. The molecule has 0 spiro atoms. The number of ether oxygens (including phenoxy) is 1. The maximum absolute atomic E-state index is 5.88. The highest BCUT2D eigenvalue weighted by Crippen LogP contribution is 2.26. The number of hydrogen-bond donors (Lipinski definition) is 1. The van der Waals surface area contributed by atoms with Gasteiger partial charge in [0.15, 0.2) is 0 Å². The predicted molar refractivity (Wildman–Crippen MR) is 68.7 cm³/mol. The van der Waals surface area contributed by atoms with Crippen molar-refractivity contribution < 1.29 is 4.74 Å². The van der Waals surface area contributed by atoms with Crippen LogP contribution >= 0.6 is 0 Å². The van der Waals surface area contributed by atoms with Gasteiger partial charge in [0.2, 0.25) is 0 Å². The summed E-state index contributed by atoms with van der Waals surface area (Å²) >= 11 is 0. The Bertz CT molecular complexity index is 390. The molecule has 2 N–H and O–H groups in total. The van der Waals surface area contributed by atoms with E-state index in [4.69, 9.17) is 10.5 Å². The maximum atomic E-state index is 5.88. The van der Waals surface area contributed by atoms with Crippen LogP contribution in [0.15, 0.2) is 30.6 Å². The van der Waals surface area contributed by atoms with Crippen molar-refractivity contribution in [1.82, 2.24) is 4.98 Å². The van der Waals surface area contributed by atoms with Gasteiger partial charge in [0.1, 0.15) is 5.75 Å². The molecule has 1 heterocycles. The largest absolute Gasteiger partial charge is 0.493 e. The Morgan fingerprint density at radius 2 is 2.24 bits per heavy atom. The first-order chi connectivity index (χ1) is 8.31. The van der Waals surface area contributed by atoms with Crippen LogP contribution in [0.4, 0.5) is 0 Å². The van der Waals surface area contributed by atoms with Gasteiger partial charge in [0.05, 0.1) is 6.61 Å². The molecule has 0 aliphatic heterocycles. The Morgan fingerprint density at radius 3 is 3.00 bits per heavy atom. The van der Waals surface area contributed by atoms with Crippen LogP contribution in [0.2, 0.25) is 0 Å². The monoisotopic (exact) mass is 232 g/mol. The maximum Gasteiger partial charge on any atom is 0.126 e. The van der Waals surface area contributed by atoms with Gasteiger partial charge < -0.3 is 10.5 Å². The minimum absolute atomic E-state index is 0.475. The molecule has 2 rings (SSSR count). The topological polar surface area (TPSA) is 48.1 Å². The average Bonchev–Trinajstić information content (AvgIpc) is 2.38. The van der Waals surface area contributed by atoms with E-state index in [0.29, 0.717) is 18.4 Å². The van der Waals surface area contributed by atoms with Gasteiger partial charge in [-0.3, -0.25) is 4.98 Å². The van der Waals surface area contributed by atoms with Crippen molar-refractivity contribution >= 4 is 0 Å². The van der Waals surface area contributed by atoms with Crippen LogP contribution in [0.1, 0.15) is 25.3 Å². The van der Waals surface area contributed by atoms with Gasteiger partial charge in [-0.2, -0.15) is 0 Å². The first kappa shape index (κ1) is 12.1. The van der Waals surface area contributed by atoms with Gasteiger partial charge in [-0.25, -0.2) is 0 Å². The molecule has 1 aromatic heterocycles. The Labute approximate surface area is 103 Å². The molecule has 1 aromatic rings. The van der Waals surface area contributed by atoms with Crippen LogP contribution in [-0.2, 0) is 6.54 Å². The molecule has 1 aliphatic carbocycles. The summed E-state index contributed by atoms with van der Waals surface area (Å²) in [6.45, 7) is 3.53. The van der Waals surface area contributed by atoms with Crippen molar-refractivity contribution in [2.24, 2.45) is 17.6 Å². The standard InChI is InChI=1S/C14H20N2O/c1-11-4-2-3-5-12(11)10-17-14-6-7-16-9-13(14)8-15/h2-3,6-7,9,11-12H,4-5,8,10,15H2,1H3. The molecule has 0 fully saturated rings. The zero-order valence-corrected chi connectivity index (χ0v) is 10.3. The van der Waals surface area contributed by atoms with E-state index >= 15 is 0 Å². The van der Waals surface area contributed by atoms with Crippen molar-refractivity contribution in [3.05, 3.63) is 36.2 Å². The van der Waals surface area contributed by atoms with E-state index in [1.165, 1.54) is 0 Å². The molecule has 0 bridgehead atoms. The first-order valence-electron chi connectivity index (χ1n) is 6.22. The van der Waals surface area contributed by atoms with Gasteiger partial charge in [0, 0.05) is 24.5 Å². The van der Waals surface area contributed by atoms with Gasteiger partial charge in [-0.1, -0.05) is 19.1 Å². The number of aromatic nitrogens is 1. The second kappa shape index (κ2) is 5.82. The molecule has 2 atom stereocenters. The number of nitrogens with zero attached hydrogens (tertiary/aromatic N) is 1. The van der Waals surface area contributed by atoms with Crippen LogP contribution in [0, 0.1) is 11.8 Å². The molecule has 3 heteroatoms. The second-order valence-corrected chi connectivity index (χ2v) is 4.68. The normalized spacial score (nSPS) is 23.6. The fourth-order valence-corrected chi connectivity index (χ4v) is 2.14. The lowest BCUT2D eigenvalue weighted by Crippen LogP contribution is -2.21. The van der Waals surface area contributed by atoms with E-state index in [0.717, 1.165) is 30.8 Å². The lowest BCUT2D eigenvalue weighted by Gasteiger charge is -2.25. The van der Waals surface area contributed by atoms with Crippen LogP contribution in [-0.4, -0.2) is 11.6 Å². The predicted octanol–water partition coefficient (Wildman–Crippen LogP) is 2.52. The van der Waals surface area contributed by atoms with E-state index in [1.807, 2.05) is 6.07 Å². The fourth-order valence-electron chi connectivity index (χ4n) is 2.14. The Morgan fingerprint density at radius 1 is 1.41 bits per heavy atom. The number of pyridine rings is 1. The summed E-state index contributed by atoms with van der Waals surface area (Å²) < 4.78 is 5.88. The minimum Gasteiger partial charge on any atom is -0.493 e. The number of allylic oxidation sites excluding steroid dienone is 2. The van der Waals surface area contributed by atoms with Crippen LogP contribution in [0.25, 0.3) is 0 Å². The Hall–Kier alpha value is -1.35. The summed E-state index contributed by atoms with van der Waals surface area (Å²) in [5, 5.41) is 0. The Kier molecular flexibility index (Phi) is 4.15. The van der Waals surface area contributed by atoms with Gasteiger partial charge >= 0.3 is 0 Å². The van der Waals surface area contributed by atoms with Crippen molar-refractivity contribution in [3.8, 4) is 5.75 Å². The van der Waals surface area contributed by atoms with E-state index < -0.39 is 0 Å². The van der Waals surface area contributed by atoms with Crippen LogP contribution in [0.3, 0.4) is 0 Å². The second-order valence-electron chi connectivity index (χ2n) is 4.68. The molecule has 17 heavy (non-hydrogen) atoms. The molecule has 0 aromatic carbocycles. The van der Waals surface area contributed by atoms with E-state index in [1.54, 1.807) is 12.4 Å². The third-order valence-electron chi connectivity index (χ3n) is 3.45. The zero-order valence-electron chi connectivity index (χ0n) is 10.3. The number of hydrogen-bond acceptors (Lipinski definition) is 3. The van der Waals surface area contributed by atoms with Crippen molar-refractivity contribution in [2.45, 2.75) is 26.3 Å². The van der Waals surface area contributed by atoms with Crippen molar-refractivity contribution in [1.29, 1.82) is 0 Å². The summed E-state index contributed by atoms with van der Waals surface area (Å²) in [6, 6.07) is 1.89. The van der Waals surface area contributed by atoms with Gasteiger partial charge in [-0.15, -0.1) is 0 Å². The van der Waals surface area contributed by atoms with E-state index in [9.17, 15) is 0 Å². The van der Waals surface area contributed by atoms with Crippen LogP contribution in [0.5, 0.6) is 5.75 Å². The molecule has 1 aliphatic rings. The molecule has 0 saturated heterocycles. The quantitative estimate of drug-likeness (QED) is 0.811. The highest BCUT2D eigenvalue weighted by Gasteiger charge is 2.19. The van der Waals surface area contributed by atoms with Crippen molar-refractivity contribution in [2.75, 3.05) is 6.61 Å². The lowest BCUT2D eigenvalue weighted by molar-refractivity contribution is 0.197. The first-order valence-corrected chi connectivity index (χ1v) is 6.22. The molecular weight excluding hydrogens is 212 g/mol. The average molecular weight is 232 g/mol. The summed E-state index contributed by atoms with van der Waals surface area (Å²) in [4.78, 5) is 4.05. The highest BCUT2D eigenvalue weighted by molar-refractivity contribution is 5.29. The van der Waals surface area contributed by atoms with Crippen LogP contribution < -0.4 is 10.5 Å². The van der Waals surface area contributed by atoms with E-state index in [2.05, 4.69) is 24.1 Å².